The van der Waals surface area contributed by atoms with Crippen LogP contribution in [0.25, 0.3) is 11.3 Å². The number of rotatable bonds is 3. The lowest BCUT2D eigenvalue weighted by Crippen LogP contribution is -2.39. The molecular formula is C19H23F3N2O3S. The van der Waals surface area contributed by atoms with Gasteiger partial charge in [-0.15, -0.1) is 0 Å². The summed E-state index contributed by atoms with van der Waals surface area (Å²) in [6.45, 7) is 1.63. The minimum Gasteiger partial charge on any atom is -0.350 e. The number of carbonyl (C=O) groups excluding carboxylic acids is 1. The smallest absolute Gasteiger partial charge is 0.350 e. The summed E-state index contributed by atoms with van der Waals surface area (Å²) in [6.07, 6.45) is -2.04. The van der Waals surface area contributed by atoms with Gasteiger partial charge in [0.2, 0.25) is 0 Å². The van der Waals surface area contributed by atoms with Crippen molar-refractivity contribution >= 4 is 16.5 Å². The topological polar surface area (TPSA) is 74.5 Å². The molecule has 1 aliphatic rings. The molecule has 5 nitrogen and oxygen atoms in total. The quantitative estimate of drug-likeness (QED) is 0.681. The molecule has 0 saturated carbocycles. The Morgan fingerprint density at radius 2 is 1.82 bits per heavy atom. The Balaban J connectivity index is 1.88. The fourth-order valence-electron chi connectivity index (χ4n) is 3.62. The van der Waals surface area contributed by atoms with Crippen LogP contribution >= 0.6 is 10.6 Å². The molecule has 0 unspecified atom stereocenters. The van der Waals surface area contributed by atoms with Crippen molar-refractivity contribution in [3.05, 3.63) is 47.2 Å². The third kappa shape index (κ3) is 4.21. The molecule has 1 aromatic carbocycles. The summed E-state index contributed by atoms with van der Waals surface area (Å²) in [7, 11) is -0.930. The summed E-state index contributed by atoms with van der Waals surface area (Å²) in [5, 5.41) is 2.87. The number of benzene rings is 1. The van der Waals surface area contributed by atoms with Crippen LogP contribution in [0.1, 0.15) is 34.3 Å². The first kappa shape index (κ1) is 20.8. The molecule has 0 atom stereocenters. The van der Waals surface area contributed by atoms with Crippen molar-refractivity contribution in [2.24, 2.45) is 7.05 Å². The number of hydrogen-bond donors (Lipinski definition) is 3. The molecular weight excluding hydrogens is 393 g/mol. The van der Waals surface area contributed by atoms with Gasteiger partial charge in [-0.05, 0) is 31.4 Å². The lowest BCUT2D eigenvalue weighted by Gasteiger charge is -2.39. The highest BCUT2D eigenvalue weighted by molar-refractivity contribution is 8.24. The Hall–Kier alpha value is -1.97. The second-order valence-corrected chi connectivity index (χ2v) is 9.55. The second-order valence-electron chi connectivity index (χ2n) is 7.13. The normalized spacial score (nSPS) is 18.7. The molecule has 9 heteroatoms. The van der Waals surface area contributed by atoms with Gasteiger partial charge in [0.15, 0.2) is 0 Å². The van der Waals surface area contributed by atoms with Crippen molar-refractivity contribution in [2.75, 3.05) is 11.5 Å². The number of amides is 1. The van der Waals surface area contributed by atoms with Crippen LogP contribution in [0, 0.1) is 6.92 Å². The molecule has 154 valence electrons. The van der Waals surface area contributed by atoms with Gasteiger partial charge in [-0.2, -0.15) is 23.8 Å². The van der Waals surface area contributed by atoms with E-state index in [2.05, 4.69) is 5.32 Å². The summed E-state index contributed by atoms with van der Waals surface area (Å²) in [5.74, 6) is 0.124. The van der Waals surface area contributed by atoms with Crippen LogP contribution in [-0.4, -0.2) is 37.1 Å². The maximum absolute atomic E-state index is 13.4. The minimum absolute atomic E-state index is 0.0284. The van der Waals surface area contributed by atoms with Crippen LogP contribution in [0.2, 0.25) is 0 Å². The van der Waals surface area contributed by atoms with E-state index in [1.165, 1.54) is 29.0 Å². The first-order valence-corrected chi connectivity index (χ1v) is 10.7. The van der Waals surface area contributed by atoms with E-state index in [9.17, 15) is 27.1 Å². The Morgan fingerprint density at radius 1 is 1.21 bits per heavy atom. The van der Waals surface area contributed by atoms with Crippen LogP contribution in [0.15, 0.2) is 30.5 Å². The molecule has 3 rings (SSSR count). The molecule has 1 aromatic heterocycles. The van der Waals surface area contributed by atoms with Crippen molar-refractivity contribution in [3.8, 4) is 11.3 Å². The SMILES string of the molecule is Cc1c(C(=O)NC2CCS(O)(O)CC2)cn(C)c1-c1ccccc1C(F)(F)F. The van der Waals surface area contributed by atoms with Crippen LogP contribution in [0.3, 0.4) is 0 Å². The predicted octanol–water partition coefficient (Wildman–Crippen LogP) is 4.66. The fourth-order valence-corrected chi connectivity index (χ4v) is 5.15. The zero-order valence-corrected chi connectivity index (χ0v) is 16.4. The lowest BCUT2D eigenvalue weighted by molar-refractivity contribution is -0.137. The van der Waals surface area contributed by atoms with Crippen LogP contribution in [-0.2, 0) is 13.2 Å². The van der Waals surface area contributed by atoms with Gasteiger partial charge in [-0.25, -0.2) is 0 Å². The standard InChI is InChI=1S/C19H23F3N2O3S/c1-12-15(18(25)23-13-7-9-28(26,27)10-8-13)11-24(2)17(12)14-5-3-4-6-16(14)19(20,21)22/h3-6,11,13,26-27H,7-10H2,1-2H3,(H,23,25). The van der Waals surface area contributed by atoms with Gasteiger partial charge in [-0.1, -0.05) is 18.2 Å². The van der Waals surface area contributed by atoms with Gasteiger partial charge in [0.05, 0.1) is 16.8 Å². The summed E-state index contributed by atoms with van der Waals surface area (Å²) >= 11 is 0. The van der Waals surface area contributed by atoms with E-state index >= 15 is 0 Å². The molecule has 0 aliphatic carbocycles. The van der Waals surface area contributed by atoms with E-state index in [0.717, 1.165) is 6.07 Å². The number of aromatic nitrogens is 1. The highest BCUT2D eigenvalue weighted by Crippen LogP contribution is 2.44. The van der Waals surface area contributed by atoms with Gasteiger partial charge in [0.1, 0.15) is 0 Å². The van der Waals surface area contributed by atoms with Crippen molar-refractivity contribution in [3.63, 3.8) is 0 Å². The van der Waals surface area contributed by atoms with E-state index in [1.54, 1.807) is 14.0 Å². The molecule has 1 saturated heterocycles. The highest BCUT2D eigenvalue weighted by Gasteiger charge is 2.35. The monoisotopic (exact) mass is 416 g/mol. The summed E-state index contributed by atoms with van der Waals surface area (Å²) in [5.41, 5.74) is 0.406. The Bertz CT molecular complexity index is 883. The van der Waals surface area contributed by atoms with Gasteiger partial charge < -0.3 is 9.88 Å². The van der Waals surface area contributed by atoms with E-state index < -0.39 is 22.3 Å². The molecule has 1 fully saturated rings. The third-order valence-corrected chi connectivity index (χ3v) is 6.87. The summed E-state index contributed by atoms with van der Waals surface area (Å²) in [6, 6.07) is 5.13. The first-order valence-electron chi connectivity index (χ1n) is 8.86. The number of halogens is 3. The molecule has 0 spiro atoms. The highest BCUT2D eigenvalue weighted by atomic mass is 32.3. The largest absolute Gasteiger partial charge is 0.417 e. The fraction of sp³-hybridized carbons (Fsp3) is 0.421. The maximum atomic E-state index is 13.4. The van der Waals surface area contributed by atoms with E-state index in [0.29, 0.717) is 29.7 Å². The number of carbonyl (C=O) groups is 1. The number of hydrogen-bond acceptors (Lipinski definition) is 3. The second kappa shape index (κ2) is 7.46. The maximum Gasteiger partial charge on any atom is 0.417 e. The number of alkyl halides is 3. The molecule has 0 radical (unpaired) electrons. The van der Waals surface area contributed by atoms with E-state index in [-0.39, 0.29) is 29.0 Å². The van der Waals surface area contributed by atoms with Crippen LogP contribution in [0.5, 0.6) is 0 Å². The molecule has 2 heterocycles. The van der Waals surface area contributed by atoms with Crippen molar-refractivity contribution in [1.29, 1.82) is 0 Å². The molecule has 1 aliphatic heterocycles. The molecule has 28 heavy (non-hydrogen) atoms. The van der Waals surface area contributed by atoms with E-state index in [1.807, 2.05) is 0 Å². The minimum atomic E-state index is -4.50. The van der Waals surface area contributed by atoms with Crippen molar-refractivity contribution < 1.29 is 27.1 Å². The van der Waals surface area contributed by atoms with Gasteiger partial charge in [0.25, 0.3) is 5.91 Å². The van der Waals surface area contributed by atoms with Crippen LogP contribution in [0.4, 0.5) is 13.2 Å². The number of nitrogens with one attached hydrogen (secondary N) is 1. The zero-order chi connectivity index (χ0) is 20.7. The molecule has 2 aromatic rings. The lowest BCUT2D eigenvalue weighted by atomic mass is 10.00. The Labute approximate surface area is 162 Å². The van der Waals surface area contributed by atoms with Crippen molar-refractivity contribution in [2.45, 2.75) is 32.0 Å². The average Bonchev–Trinajstić information content (AvgIpc) is 2.90. The van der Waals surface area contributed by atoms with Gasteiger partial charge >= 0.3 is 6.18 Å². The molecule has 3 N–H and O–H groups in total. The Morgan fingerprint density at radius 3 is 2.43 bits per heavy atom. The number of nitrogens with zero attached hydrogens (tertiary/aromatic N) is 1. The van der Waals surface area contributed by atoms with E-state index in [4.69, 9.17) is 0 Å². The first-order chi connectivity index (χ1) is 13.0. The third-order valence-electron chi connectivity index (χ3n) is 5.09. The summed E-state index contributed by atoms with van der Waals surface area (Å²) in [4.78, 5) is 12.7. The zero-order valence-electron chi connectivity index (χ0n) is 15.6. The molecule has 1 amide bonds. The summed E-state index contributed by atoms with van der Waals surface area (Å²) < 4.78 is 61.1. The van der Waals surface area contributed by atoms with Gasteiger partial charge in [-0.3, -0.25) is 13.9 Å². The van der Waals surface area contributed by atoms with Crippen molar-refractivity contribution in [1.82, 2.24) is 9.88 Å². The predicted molar refractivity (Wildman–Crippen MR) is 104 cm³/mol. The molecule has 0 bridgehead atoms. The van der Waals surface area contributed by atoms with Crippen LogP contribution < -0.4 is 5.32 Å². The van der Waals surface area contributed by atoms with Gasteiger partial charge in [0, 0.05) is 36.4 Å². The number of aryl methyl sites for hydroxylation is 1. The average molecular weight is 416 g/mol. The Kier molecular flexibility index (Phi) is 5.53.